The molecule has 0 aromatic heterocycles. The highest BCUT2D eigenvalue weighted by Crippen LogP contribution is 2.18. The van der Waals surface area contributed by atoms with Gasteiger partial charge in [0.15, 0.2) is 0 Å². The van der Waals surface area contributed by atoms with Crippen molar-refractivity contribution in [3.05, 3.63) is 81.4 Å². The summed E-state index contributed by atoms with van der Waals surface area (Å²) >= 11 is 2.09. The van der Waals surface area contributed by atoms with E-state index >= 15 is 0 Å². The zero-order chi connectivity index (χ0) is 16.9. The van der Waals surface area contributed by atoms with Crippen molar-refractivity contribution in [1.29, 1.82) is 0 Å². The maximum Gasteiger partial charge on any atom is 0.270 e. The number of carbonyl (C=O) groups is 2. The minimum atomic E-state index is -0.328. The smallest absolute Gasteiger partial charge is 0.270 e. The molecule has 0 radical (unpaired) electrons. The lowest BCUT2D eigenvalue weighted by molar-refractivity contribution is -0.121. The fourth-order valence-corrected chi connectivity index (χ4v) is 3.14. The van der Waals surface area contributed by atoms with E-state index in [0.29, 0.717) is 5.56 Å². The fraction of sp³-hybridized carbons (Fsp3) is 0.0526. The van der Waals surface area contributed by atoms with Crippen LogP contribution in [0.4, 0.5) is 0 Å². The molecule has 0 atom stereocenters. The van der Waals surface area contributed by atoms with Gasteiger partial charge in [-0.3, -0.25) is 20.4 Å². The Kier molecular flexibility index (Phi) is 5.10. The van der Waals surface area contributed by atoms with Gasteiger partial charge in [-0.1, -0.05) is 54.6 Å². The Morgan fingerprint density at radius 1 is 0.833 bits per heavy atom. The summed E-state index contributed by atoms with van der Waals surface area (Å²) in [5, 5.41) is 2.13. The SMILES string of the molecule is O=C(Cc1cccc2ccccc12)NNC(=O)c1ccccc1I. The fourth-order valence-electron chi connectivity index (χ4n) is 2.50. The van der Waals surface area contributed by atoms with E-state index in [1.807, 2.05) is 54.6 Å². The standard InChI is InChI=1S/C19H15IN2O2/c20-17-11-4-3-10-16(17)19(24)22-21-18(23)12-14-8-5-7-13-6-1-2-9-15(13)14/h1-11H,12H2,(H,21,23)(H,22,24). The third-order valence-corrected chi connectivity index (χ3v) is 4.61. The van der Waals surface area contributed by atoms with Crippen molar-refractivity contribution in [2.75, 3.05) is 0 Å². The first-order chi connectivity index (χ1) is 11.6. The lowest BCUT2D eigenvalue weighted by Crippen LogP contribution is -2.42. The number of hydrogen-bond acceptors (Lipinski definition) is 2. The van der Waals surface area contributed by atoms with Crippen LogP contribution in [0.15, 0.2) is 66.7 Å². The largest absolute Gasteiger partial charge is 0.273 e. The number of amides is 2. The van der Waals surface area contributed by atoms with Crippen molar-refractivity contribution in [1.82, 2.24) is 10.9 Å². The highest BCUT2D eigenvalue weighted by molar-refractivity contribution is 14.1. The molecule has 0 aliphatic heterocycles. The van der Waals surface area contributed by atoms with Gasteiger partial charge in [0.25, 0.3) is 5.91 Å². The van der Waals surface area contributed by atoms with E-state index < -0.39 is 0 Å². The van der Waals surface area contributed by atoms with Crippen molar-refractivity contribution in [2.24, 2.45) is 0 Å². The molecule has 4 nitrogen and oxygen atoms in total. The highest BCUT2D eigenvalue weighted by atomic mass is 127. The number of benzene rings is 3. The molecule has 3 rings (SSSR count). The van der Waals surface area contributed by atoms with Crippen LogP contribution in [0.5, 0.6) is 0 Å². The predicted octanol–water partition coefficient (Wildman–Crippen LogP) is 3.45. The molecule has 0 aliphatic carbocycles. The van der Waals surface area contributed by atoms with Gasteiger partial charge in [0.1, 0.15) is 0 Å². The lowest BCUT2D eigenvalue weighted by Gasteiger charge is -2.10. The van der Waals surface area contributed by atoms with Crippen molar-refractivity contribution in [2.45, 2.75) is 6.42 Å². The molecule has 5 heteroatoms. The third-order valence-electron chi connectivity index (χ3n) is 3.66. The van der Waals surface area contributed by atoms with Crippen LogP contribution >= 0.6 is 22.6 Å². The highest BCUT2D eigenvalue weighted by Gasteiger charge is 2.11. The summed E-state index contributed by atoms with van der Waals surface area (Å²) in [5.41, 5.74) is 6.40. The van der Waals surface area contributed by atoms with Crippen LogP contribution in [0.2, 0.25) is 0 Å². The summed E-state index contributed by atoms with van der Waals surface area (Å²) in [4.78, 5) is 24.3. The molecule has 0 aliphatic rings. The molecule has 0 saturated carbocycles. The summed E-state index contributed by atoms with van der Waals surface area (Å²) in [6.45, 7) is 0. The Labute approximate surface area is 153 Å². The number of carbonyl (C=O) groups excluding carboxylic acids is 2. The second-order valence-electron chi connectivity index (χ2n) is 5.30. The molecule has 0 fully saturated rings. The van der Waals surface area contributed by atoms with Gasteiger partial charge in [0.2, 0.25) is 5.91 Å². The van der Waals surface area contributed by atoms with Gasteiger partial charge in [-0.25, -0.2) is 0 Å². The molecule has 0 heterocycles. The predicted molar refractivity (Wildman–Crippen MR) is 102 cm³/mol. The molecule has 0 bridgehead atoms. The molecular formula is C19H15IN2O2. The number of rotatable bonds is 3. The maximum atomic E-state index is 12.1. The quantitative estimate of drug-likeness (QED) is 0.494. The summed E-state index contributed by atoms with van der Waals surface area (Å²) in [6, 6.07) is 21.0. The van der Waals surface area contributed by atoms with Gasteiger partial charge < -0.3 is 0 Å². The zero-order valence-electron chi connectivity index (χ0n) is 12.8. The molecule has 3 aromatic carbocycles. The Morgan fingerprint density at radius 3 is 2.38 bits per heavy atom. The summed E-state index contributed by atoms with van der Waals surface area (Å²) in [7, 11) is 0. The monoisotopic (exact) mass is 430 g/mol. The second kappa shape index (κ2) is 7.44. The van der Waals surface area contributed by atoms with Crippen molar-refractivity contribution in [3.8, 4) is 0 Å². The van der Waals surface area contributed by atoms with Crippen LogP contribution in [0.25, 0.3) is 10.8 Å². The van der Waals surface area contributed by atoms with E-state index in [1.165, 1.54) is 0 Å². The van der Waals surface area contributed by atoms with Crippen LogP contribution < -0.4 is 10.9 Å². The zero-order valence-corrected chi connectivity index (χ0v) is 14.9. The van der Waals surface area contributed by atoms with Gasteiger partial charge in [-0.2, -0.15) is 0 Å². The van der Waals surface area contributed by atoms with E-state index in [2.05, 4.69) is 33.4 Å². The first kappa shape index (κ1) is 16.4. The number of fused-ring (bicyclic) bond motifs is 1. The van der Waals surface area contributed by atoms with Crippen LogP contribution in [-0.2, 0) is 11.2 Å². The van der Waals surface area contributed by atoms with E-state index in [4.69, 9.17) is 0 Å². The molecule has 0 saturated heterocycles. The Balaban J connectivity index is 1.66. The Morgan fingerprint density at radius 2 is 1.54 bits per heavy atom. The minimum Gasteiger partial charge on any atom is -0.273 e. The van der Waals surface area contributed by atoms with E-state index in [1.54, 1.807) is 12.1 Å². The number of nitrogens with one attached hydrogen (secondary N) is 2. The number of hydrogen-bond donors (Lipinski definition) is 2. The Hall–Kier alpha value is -2.41. The molecule has 0 spiro atoms. The summed E-state index contributed by atoms with van der Waals surface area (Å²) in [6.07, 6.45) is 0.202. The van der Waals surface area contributed by atoms with Crippen molar-refractivity contribution < 1.29 is 9.59 Å². The minimum absolute atomic E-state index is 0.202. The van der Waals surface area contributed by atoms with Crippen LogP contribution in [0.3, 0.4) is 0 Å². The van der Waals surface area contributed by atoms with Crippen molar-refractivity contribution >= 4 is 45.2 Å². The average Bonchev–Trinajstić information content (AvgIpc) is 2.60. The van der Waals surface area contributed by atoms with Gasteiger partial charge in [0.05, 0.1) is 12.0 Å². The number of halogens is 1. The lowest BCUT2D eigenvalue weighted by atomic mass is 10.0. The third kappa shape index (κ3) is 3.73. The van der Waals surface area contributed by atoms with Crippen molar-refractivity contribution in [3.63, 3.8) is 0 Å². The van der Waals surface area contributed by atoms with E-state index in [-0.39, 0.29) is 18.2 Å². The first-order valence-corrected chi connectivity index (χ1v) is 8.53. The van der Waals surface area contributed by atoms with Crippen LogP contribution in [-0.4, -0.2) is 11.8 Å². The average molecular weight is 430 g/mol. The van der Waals surface area contributed by atoms with Gasteiger partial charge in [-0.15, -0.1) is 0 Å². The molecule has 2 amide bonds. The molecule has 120 valence electrons. The van der Waals surface area contributed by atoms with E-state index in [9.17, 15) is 9.59 Å². The normalized spacial score (nSPS) is 10.4. The molecule has 3 aromatic rings. The van der Waals surface area contributed by atoms with Crippen LogP contribution in [0, 0.1) is 3.57 Å². The van der Waals surface area contributed by atoms with Gasteiger partial charge >= 0.3 is 0 Å². The number of hydrazine groups is 1. The molecular weight excluding hydrogens is 415 g/mol. The van der Waals surface area contributed by atoms with E-state index in [0.717, 1.165) is 19.9 Å². The molecule has 0 unspecified atom stereocenters. The molecule has 24 heavy (non-hydrogen) atoms. The Bertz CT molecular complexity index is 903. The second-order valence-corrected chi connectivity index (χ2v) is 6.46. The first-order valence-electron chi connectivity index (χ1n) is 7.45. The molecule has 2 N–H and O–H groups in total. The summed E-state index contributed by atoms with van der Waals surface area (Å²) in [5.74, 6) is -0.586. The topological polar surface area (TPSA) is 58.2 Å². The summed E-state index contributed by atoms with van der Waals surface area (Å²) < 4.78 is 0.830. The van der Waals surface area contributed by atoms with Gasteiger partial charge in [0, 0.05) is 3.57 Å². The van der Waals surface area contributed by atoms with Gasteiger partial charge in [-0.05, 0) is 51.1 Å². The maximum absolute atomic E-state index is 12.1. The van der Waals surface area contributed by atoms with Crippen LogP contribution in [0.1, 0.15) is 15.9 Å².